The number of hydrogen-bond acceptors (Lipinski definition) is 5. The standard InChI is InChI=1S/C25H31BrN6O3Si/c1-7-8-11-30-21-22(28-24(30)26)29(3)25(34)31(23(21)33)15-18-9-10-19-20(14-18)32(17(2)27-19)16-35-12-13-36(4,5)6/h9-10,14H,11-13,15-16H2,1-6H3. The summed E-state index contributed by atoms with van der Waals surface area (Å²) >= 11 is 3.40. The third kappa shape index (κ3) is 5.12. The maximum absolute atomic E-state index is 13.5. The Morgan fingerprint density at radius 1 is 1.11 bits per heavy atom. The second kappa shape index (κ2) is 10.2. The van der Waals surface area contributed by atoms with E-state index in [1.165, 1.54) is 9.13 Å². The molecule has 0 saturated carbocycles. The molecule has 4 rings (SSSR count). The van der Waals surface area contributed by atoms with Crippen LogP contribution in [0.3, 0.4) is 0 Å². The van der Waals surface area contributed by atoms with Crippen molar-refractivity contribution in [3.05, 3.63) is 55.2 Å². The lowest BCUT2D eigenvalue weighted by molar-refractivity contribution is 0.0885. The lowest BCUT2D eigenvalue weighted by atomic mass is 10.2. The van der Waals surface area contributed by atoms with Crippen molar-refractivity contribution in [2.75, 3.05) is 6.61 Å². The Morgan fingerprint density at radius 2 is 1.86 bits per heavy atom. The fourth-order valence-corrected chi connectivity index (χ4v) is 5.28. The van der Waals surface area contributed by atoms with Gasteiger partial charge in [-0.05, 0) is 53.5 Å². The fraction of sp³-hybridized carbons (Fsp3) is 0.440. The van der Waals surface area contributed by atoms with Gasteiger partial charge in [0.15, 0.2) is 15.9 Å². The highest BCUT2D eigenvalue weighted by Gasteiger charge is 2.19. The van der Waals surface area contributed by atoms with Gasteiger partial charge in [-0.25, -0.2) is 14.8 Å². The van der Waals surface area contributed by atoms with Crippen LogP contribution in [0, 0.1) is 18.8 Å². The van der Waals surface area contributed by atoms with Gasteiger partial charge in [-0.1, -0.05) is 31.6 Å². The Morgan fingerprint density at radius 3 is 2.56 bits per heavy atom. The van der Waals surface area contributed by atoms with E-state index < -0.39 is 19.3 Å². The van der Waals surface area contributed by atoms with Crippen LogP contribution in [0.25, 0.3) is 22.2 Å². The summed E-state index contributed by atoms with van der Waals surface area (Å²) < 4.78 is 12.8. The van der Waals surface area contributed by atoms with Gasteiger partial charge >= 0.3 is 5.69 Å². The van der Waals surface area contributed by atoms with E-state index in [1.807, 2.05) is 29.7 Å². The van der Waals surface area contributed by atoms with E-state index >= 15 is 0 Å². The van der Waals surface area contributed by atoms with Crippen LogP contribution >= 0.6 is 15.9 Å². The molecular formula is C25H31BrN6O3Si. The molecule has 9 nitrogen and oxygen atoms in total. The Kier molecular flexibility index (Phi) is 7.40. The molecule has 3 aromatic heterocycles. The van der Waals surface area contributed by atoms with Gasteiger partial charge in [0.1, 0.15) is 12.6 Å². The molecular weight excluding hydrogens is 540 g/mol. The van der Waals surface area contributed by atoms with Crippen molar-refractivity contribution in [2.24, 2.45) is 7.05 Å². The van der Waals surface area contributed by atoms with Crippen LogP contribution in [0.4, 0.5) is 0 Å². The van der Waals surface area contributed by atoms with Crippen LogP contribution in [0.1, 0.15) is 18.3 Å². The van der Waals surface area contributed by atoms with Crippen molar-refractivity contribution < 1.29 is 4.74 Å². The molecule has 36 heavy (non-hydrogen) atoms. The first-order chi connectivity index (χ1) is 17.0. The minimum atomic E-state index is -1.17. The molecule has 0 fully saturated rings. The minimum Gasteiger partial charge on any atom is -0.361 e. The van der Waals surface area contributed by atoms with Gasteiger partial charge in [0.05, 0.1) is 24.1 Å². The molecule has 0 atom stereocenters. The highest BCUT2D eigenvalue weighted by Crippen LogP contribution is 2.20. The van der Waals surface area contributed by atoms with Crippen LogP contribution in [0.15, 0.2) is 32.5 Å². The van der Waals surface area contributed by atoms with Gasteiger partial charge in [-0.15, -0.1) is 5.92 Å². The number of halogens is 1. The van der Waals surface area contributed by atoms with Crippen molar-refractivity contribution in [3.63, 3.8) is 0 Å². The van der Waals surface area contributed by atoms with E-state index in [2.05, 4.69) is 57.4 Å². The Bertz CT molecular complexity index is 1630. The Hall–Kier alpha value is -2.94. The second-order valence-electron chi connectivity index (χ2n) is 10.1. The summed E-state index contributed by atoms with van der Waals surface area (Å²) in [5, 5.41) is 0. The minimum absolute atomic E-state index is 0.125. The van der Waals surface area contributed by atoms with E-state index in [4.69, 9.17) is 4.74 Å². The highest BCUT2D eigenvalue weighted by molar-refractivity contribution is 9.10. The second-order valence-corrected chi connectivity index (χ2v) is 16.4. The zero-order chi connectivity index (χ0) is 26.2. The van der Waals surface area contributed by atoms with Crippen LogP contribution in [0.5, 0.6) is 0 Å². The van der Waals surface area contributed by atoms with Crippen LogP contribution in [0.2, 0.25) is 25.7 Å². The van der Waals surface area contributed by atoms with Gasteiger partial charge in [0.2, 0.25) is 0 Å². The van der Waals surface area contributed by atoms with Crippen molar-refractivity contribution in [2.45, 2.75) is 59.4 Å². The predicted octanol–water partition coefficient (Wildman–Crippen LogP) is 3.70. The predicted molar refractivity (Wildman–Crippen MR) is 148 cm³/mol. The Balaban J connectivity index is 1.72. The maximum Gasteiger partial charge on any atom is 0.332 e. The summed E-state index contributed by atoms with van der Waals surface area (Å²) in [6.45, 7) is 12.2. The molecule has 0 aliphatic carbocycles. The summed E-state index contributed by atoms with van der Waals surface area (Å²) in [6.07, 6.45) is 0. The number of ether oxygens (including phenoxy) is 1. The van der Waals surface area contributed by atoms with Gasteiger partial charge in [-0.3, -0.25) is 13.9 Å². The zero-order valence-corrected chi connectivity index (χ0v) is 24.1. The smallest absolute Gasteiger partial charge is 0.332 e. The van der Waals surface area contributed by atoms with E-state index in [9.17, 15) is 9.59 Å². The Labute approximate surface area is 218 Å². The topological polar surface area (TPSA) is 88.9 Å². The normalized spacial score (nSPS) is 11.9. The number of rotatable bonds is 8. The number of benzene rings is 1. The van der Waals surface area contributed by atoms with E-state index in [0.29, 0.717) is 35.8 Å². The lowest BCUT2D eigenvalue weighted by Gasteiger charge is -2.16. The number of imidazole rings is 2. The van der Waals surface area contributed by atoms with Crippen molar-refractivity contribution in [3.8, 4) is 11.8 Å². The molecule has 3 heterocycles. The van der Waals surface area contributed by atoms with Crippen molar-refractivity contribution in [1.29, 1.82) is 0 Å². The fourth-order valence-electron chi connectivity index (χ4n) is 4.05. The summed E-state index contributed by atoms with van der Waals surface area (Å²) in [6, 6.07) is 6.89. The largest absolute Gasteiger partial charge is 0.361 e. The monoisotopic (exact) mass is 570 g/mol. The number of aryl methyl sites for hydroxylation is 2. The summed E-state index contributed by atoms with van der Waals surface area (Å²) in [5.41, 5.74) is 2.42. The maximum atomic E-state index is 13.5. The third-order valence-electron chi connectivity index (χ3n) is 6.16. The zero-order valence-electron chi connectivity index (χ0n) is 21.6. The summed E-state index contributed by atoms with van der Waals surface area (Å²) in [4.78, 5) is 35.6. The van der Waals surface area contributed by atoms with Crippen LogP contribution < -0.4 is 11.2 Å². The van der Waals surface area contributed by atoms with Crippen molar-refractivity contribution in [1.82, 2.24) is 28.2 Å². The molecule has 0 amide bonds. The number of aromatic nitrogens is 6. The van der Waals surface area contributed by atoms with Gasteiger partial charge in [-0.2, -0.15) is 0 Å². The first-order valence-electron chi connectivity index (χ1n) is 11.8. The molecule has 0 bridgehead atoms. The molecule has 11 heteroatoms. The molecule has 0 aliphatic heterocycles. The SMILES string of the molecule is CC#CCn1c(Br)nc2c1c(=O)n(Cc1ccc3nc(C)n(COCC[Si](C)(C)C)c3c1)c(=O)n2C. The molecule has 190 valence electrons. The van der Waals surface area contributed by atoms with E-state index in [1.54, 1.807) is 18.5 Å². The molecule has 1 aromatic carbocycles. The summed E-state index contributed by atoms with van der Waals surface area (Å²) in [7, 11) is 0.446. The molecule has 0 spiro atoms. The van der Waals surface area contributed by atoms with E-state index in [-0.39, 0.29) is 6.54 Å². The molecule has 0 unspecified atom stereocenters. The number of fused-ring (bicyclic) bond motifs is 2. The van der Waals surface area contributed by atoms with Gasteiger partial charge in [0, 0.05) is 21.7 Å². The highest BCUT2D eigenvalue weighted by atomic mass is 79.9. The quantitative estimate of drug-likeness (QED) is 0.139. The summed E-state index contributed by atoms with van der Waals surface area (Å²) in [5.74, 6) is 6.65. The van der Waals surface area contributed by atoms with Crippen LogP contribution in [-0.2, 0) is 31.6 Å². The molecule has 0 radical (unpaired) electrons. The molecule has 4 aromatic rings. The van der Waals surface area contributed by atoms with Crippen LogP contribution in [-0.4, -0.2) is 42.9 Å². The number of nitrogens with zero attached hydrogens (tertiary/aromatic N) is 6. The molecule has 0 N–H and O–H groups in total. The third-order valence-corrected chi connectivity index (χ3v) is 8.47. The van der Waals surface area contributed by atoms with E-state index in [0.717, 1.165) is 28.5 Å². The lowest BCUT2D eigenvalue weighted by Crippen LogP contribution is -2.40. The van der Waals surface area contributed by atoms with Gasteiger partial charge in [0.25, 0.3) is 5.56 Å². The average Bonchev–Trinajstić information content (AvgIpc) is 3.31. The molecule has 0 saturated heterocycles. The van der Waals surface area contributed by atoms with Crippen molar-refractivity contribution >= 4 is 46.2 Å². The first kappa shape index (κ1) is 26.1. The first-order valence-corrected chi connectivity index (χ1v) is 16.3. The van der Waals surface area contributed by atoms with Gasteiger partial charge < -0.3 is 13.9 Å². The number of hydrogen-bond donors (Lipinski definition) is 0. The molecule has 0 aliphatic rings. The average molecular weight is 572 g/mol.